The van der Waals surface area contributed by atoms with Crippen molar-refractivity contribution in [1.29, 1.82) is 0 Å². The second-order valence-electron chi connectivity index (χ2n) is 17.7. The standard InChI is InChI=1S/C40H55N9O5S2/c1-25-32-20-36(50)41-28-18-33(47(22-28)21-26-6-8-31(9-7-26)56(5,53)54)38(51)46-16-12-29(13-17-46)48-23-30(49-24-35(43-44-49)40(2,3)4)19-34(48)39(52)45-14-10-27(11-15-45)37(42-32)55-25/h6-9,24,27-30,33-34H,10-23H2,1-5H3,(H,41,50)/t28-,30-,33-,34-/m0/s1. The fourth-order valence-corrected chi connectivity index (χ4v) is 11.1. The number of benzene rings is 1. The van der Waals surface area contributed by atoms with Crippen LogP contribution in [0.15, 0.2) is 35.4 Å². The van der Waals surface area contributed by atoms with Gasteiger partial charge in [-0.3, -0.25) is 24.2 Å². The quantitative estimate of drug-likeness (QED) is 0.417. The first kappa shape index (κ1) is 39.1. The van der Waals surface area contributed by atoms with Gasteiger partial charge in [0.1, 0.15) is 0 Å². The Balaban J connectivity index is 1.07. The minimum atomic E-state index is -3.34. The van der Waals surface area contributed by atoms with Gasteiger partial charge in [0.15, 0.2) is 9.84 Å². The van der Waals surface area contributed by atoms with Crippen molar-refractivity contribution in [1.82, 2.24) is 44.9 Å². The van der Waals surface area contributed by atoms with Gasteiger partial charge in [-0.2, -0.15) is 0 Å². The van der Waals surface area contributed by atoms with Gasteiger partial charge in [-0.15, -0.1) is 16.4 Å². The van der Waals surface area contributed by atoms with E-state index in [4.69, 9.17) is 4.98 Å². The van der Waals surface area contributed by atoms with Crippen LogP contribution >= 0.6 is 11.3 Å². The van der Waals surface area contributed by atoms with Crippen molar-refractivity contribution < 1.29 is 22.8 Å². The Morgan fingerprint density at radius 3 is 2.18 bits per heavy atom. The number of nitrogens with zero attached hydrogens (tertiary/aromatic N) is 8. The van der Waals surface area contributed by atoms with Crippen LogP contribution in [-0.2, 0) is 42.6 Å². The van der Waals surface area contributed by atoms with Crippen LogP contribution in [0.5, 0.6) is 0 Å². The molecule has 4 fully saturated rings. The summed E-state index contributed by atoms with van der Waals surface area (Å²) >= 11 is 1.66. The number of hydrogen-bond donors (Lipinski definition) is 1. The molecule has 4 atom stereocenters. The Bertz CT molecular complexity index is 2060. The van der Waals surface area contributed by atoms with Crippen molar-refractivity contribution in [2.24, 2.45) is 0 Å². The van der Waals surface area contributed by atoms with Crippen LogP contribution in [0.1, 0.15) is 98.1 Å². The summed E-state index contributed by atoms with van der Waals surface area (Å²) in [6.45, 7) is 12.6. The van der Waals surface area contributed by atoms with Crippen LogP contribution < -0.4 is 5.32 Å². The maximum absolute atomic E-state index is 14.5. The molecule has 3 aromatic rings. The second-order valence-corrected chi connectivity index (χ2v) is 20.9. The molecular weight excluding hydrogens is 751 g/mol. The number of piperidine rings is 2. The highest BCUT2D eigenvalue weighted by atomic mass is 32.2. The number of fused-ring (bicyclic) bond motifs is 2. The molecule has 302 valence electrons. The van der Waals surface area contributed by atoms with Gasteiger partial charge in [-0.1, -0.05) is 38.1 Å². The number of aryl methyl sites for hydroxylation is 1. The number of nitrogens with one attached hydrogen (secondary N) is 1. The molecule has 1 N–H and O–H groups in total. The summed E-state index contributed by atoms with van der Waals surface area (Å²) < 4.78 is 26.2. The summed E-state index contributed by atoms with van der Waals surface area (Å²) in [4.78, 5) is 57.3. The SMILES string of the molecule is Cc1sc2nc1CC(=O)N[C@H]1C[C@@H](C(=O)N3CCC(CC3)N3C[C@@H](n4cc(C(C)(C)C)nn4)C[C@H]3C(=O)N3CCC2CC3)N(Cc2ccc(S(C)(=O)=O)cc2)C1. The van der Waals surface area contributed by atoms with E-state index in [1.54, 1.807) is 35.6 Å². The molecule has 0 spiro atoms. The van der Waals surface area contributed by atoms with Gasteiger partial charge < -0.3 is 15.1 Å². The fraction of sp³-hybridized carbons (Fsp3) is 0.650. The lowest BCUT2D eigenvalue weighted by Crippen LogP contribution is -2.55. The molecule has 10 rings (SSSR count). The van der Waals surface area contributed by atoms with Gasteiger partial charge in [0, 0.05) is 86.6 Å². The van der Waals surface area contributed by atoms with Crippen molar-refractivity contribution in [2.75, 3.05) is 45.5 Å². The van der Waals surface area contributed by atoms with Crippen LogP contribution in [0.2, 0.25) is 0 Å². The highest BCUT2D eigenvalue weighted by molar-refractivity contribution is 7.90. The molecule has 7 aliphatic heterocycles. The van der Waals surface area contributed by atoms with Crippen molar-refractivity contribution in [2.45, 2.75) is 126 Å². The average Bonchev–Trinajstić information content (AvgIpc) is 3.97. The maximum Gasteiger partial charge on any atom is 0.240 e. The lowest BCUT2D eigenvalue weighted by Gasteiger charge is -2.41. The van der Waals surface area contributed by atoms with Crippen molar-refractivity contribution in [3.63, 3.8) is 0 Å². The summed E-state index contributed by atoms with van der Waals surface area (Å²) in [6.07, 6.45) is 7.79. The number of carbonyl (C=O) groups excluding carboxylic acids is 3. The van der Waals surface area contributed by atoms with E-state index in [1.807, 2.05) is 22.7 Å². The smallest absolute Gasteiger partial charge is 0.240 e. The first-order valence-electron chi connectivity index (χ1n) is 20.1. The molecular formula is C40H55N9O5S2. The van der Waals surface area contributed by atoms with Gasteiger partial charge >= 0.3 is 0 Å². The average molecular weight is 806 g/mol. The number of carbonyl (C=O) groups is 3. The summed E-state index contributed by atoms with van der Waals surface area (Å²) in [7, 11) is -3.34. The Morgan fingerprint density at radius 1 is 0.875 bits per heavy atom. The van der Waals surface area contributed by atoms with Crippen LogP contribution in [0, 0.1) is 6.92 Å². The van der Waals surface area contributed by atoms with Crippen LogP contribution in [0.4, 0.5) is 0 Å². The van der Waals surface area contributed by atoms with E-state index in [1.165, 1.54) is 6.26 Å². The van der Waals surface area contributed by atoms with E-state index in [0.29, 0.717) is 58.7 Å². The summed E-state index contributed by atoms with van der Waals surface area (Å²) in [5, 5.41) is 13.3. The number of thiazole rings is 1. The summed E-state index contributed by atoms with van der Waals surface area (Å²) in [5.74, 6) is 0.368. The van der Waals surface area contributed by atoms with E-state index in [9.17, 15) is 22.8 Å². The number of hydrogen-bond acceptors (Lipinski definition) is 11. The predicted molar refractivity (Wildman–Crippen MR) is 212 cm³/mol. The summed E-state index contributed by atoms with van der Waals surface area (Å²) in [6, 6.07) is 6.08. The van der Waals surface area contributed by atoms with E-state index in [-0.39, 0.29) is 64.5 Å². The second kappa shape index (κ2) is 15.2. The number of likely N-dealkylation sites (tertiary alicyclic amines) is 1. The van der Waals surface area contributed by atoms with Gasteiger partial charge in [0.05, 0.1) is 45.8 Å². The Hall–Kier alpha value is -3.73. The molecule has 1 aromatic carbocycles. The summed E-state index contributed by atoms with van der Waals surface area (Å²) in [5.41, 5.74) is 2.49. The Morgan fingerprint density at radius 2 is 1.54 bits per heavy atom. The van der Waals surface area contributed by atoms with Gasteiger partial charge in [0.25, 0.3) is 0 Å². The van der Waals surface area contributed by atoms with Crippen LogP contribution in [0.25, 0.3) is 0 Å². The van der Waals surface area contributed by atoms with Gasteiger partial charge in [-0.25, -0.2) is 18.1 Å². The van der Waals surface area contributed by atoms with Crippen LogP contribution in [0.3, 0.4) is 0 Å². The Kier molecular flexibility index (Phi) is 10.6. The van der Waals surface area contributed by atoms with E-state index in [2.05, 4.69) is 51.1 Å². The molecule has 2 aromatic heterocycles. The molecule has 16 heteroatoms. The molecule has 9 heterocycles. The van der Waals surface area contributed by atoms with E-state index < -0.39 is 15.9 Å². The minimum absolute atomic E-state index is 0.0256. The van der Waals surface area contributed by atoms with Crippen LogP contribution in [-0.4, -0.2) is 135 Å². The molecule has 0 radical (unpaired) electrons. The molecule has 56 heavy (non-hydrogen) atoms. The zero-order valence-corrected chi connectivity index (χ0v) is 34.8. The third-order valence-corrected chi connectivity index (χ3v) is 15.0. The zero-order chi connectivity index (χ0) is 39.5. The largest absolute Gasteiger partial charge is 0.352 e. The van der Waals surface area contributed by atoms with E-state index >= 15 is 0 Å². The lowest BCUT2D eigenvalue weighted by molar-refractivity contribution is -0.141. The molecule has 3 amide bonds. The highest BCUT2D eigenvalue weighted by Crippen LogP contribution is 2.37. The van der Waals surface area contributed by atoms with Crippen molar-refractivity contribution >= 4 is 38.9 Å². The number of rotatable bonds is 4. The molecule has 0 unspecified atom stereocenters. The first-order chi connectivity index (χ1) is 26.6. The molecule has 7 aliphatic rings. The maximum atomic E-state index is 14.5. The molecule has 0 aliphatic carbocycles. The molecule has 14 nitrogen and oxygen atoms in total. The first-order valence-corrected chi connectivity index (χ1v) is 22.9. The fourth-order valence-electron chi connectivity index (χ4n) is 9.40. The normalized spacial score (nSPS) is 28.5. The Labute approximate surface area is 333 Å². The van der Waals surface area contributed by atoms with Gasteiger partial charge in [-0.05, 0) is 63.1 Å². The number of aromatic nitrogens is 4. The van der Waals surface area contributed by atoms with E-state index in [0.717, 1.165) is 52.5 Å². The number of sulfone groups is 1. The number of amides is 3. The zero-order valence-electron chi connectivity index (χ0n) is 33.2. The topological polar surface area (TPSA) is 154 Å². The molecule has 8 bridgehead atoms. The third kappa shape index (κ3) is 8.03. The van der Waals surface area contributed by atoms with Crippen molar-refractivity contribution in [3.05, 3.63) is 57.3 Å². The molecule has 0 saturated carbocycles. The predicted octanol–water partition coefficient (Wildman–Crippen LogP) is 3.07. The third-order valence-electron chi connectivity index (χ3n) is 12.7. The monoisotopic (exact) mass is 805 g/mol. The molecule has 4 saturated heterocycles. The van der Waals surface area contributed by atoms with Crippen molar-refractivity contribution in [3.8, 4) is 0 Å². The minimum Gasteiger partial charge on any atom is -0.352 e. The highest BCUT2D eigenvalue weighted by Gasteiger charge is 2.46. The van der Waals surface area contributed by atoms with Gasteiger partial charge in [0.2, 0.25) is 17.7 Å². The lowest BCUT2D eigenvalue weighted by atomic mass is 9.93.